The maximum Gasteiger partial charge on any atom is 0.417 e. The zero-order valence-electron chi connectivity index (χ0n) is 10.7. The van der Waals surface area contributed by atoms with Gasteiger partial charge in [-0.15, -0.1) is 0 Å². The Bertz CT molecular complexity index is 482. The molecule has 0 spiro atoms. The Kier molecular flexibility index (Phi) is 5.15. The van der Waals surface area contributed by atoms with E-state index in [1.165, 1.54) is 0 Å². The monoisotopic (exact) mass is 315 g/mol. The SMILES string of the molecule is CC(=O)N(CC(F)(F)F)NCc1ccc(C(F)(F)F)cn1. The molecule has 1 rings (SSSR count). The van der Waals surface area contributed by atoms with Crippen LogP contribution in [0.25, 0.3) is 0 Å². The summed E-state index contributed by atoms with van der Waals surface area (Å²) in [6, 6.07) is 1.77. The molecule has 0 unspecified atom stereocenters. The van der Waals surface area contributed by atoms with E-state index in [4.69, 9.17) is 0 Å². The molecule has 1 aromatic heterocycles. The van der Waals surface area contributed by atoms with Crippen molar-refractivity contribution in [3.05, 3.63) is 29.6 Å². The number of nitrogens with one attached hydrogen (secondary N) is 1. The van der Waals surface area contributed by atoms with Crippen LogP contribution in [-0.4, -0.2) is 28.6 Å². The van der Waals surface area contributed by atoms with Gasteiger partial charge in [-0.1, -0.05) is 0 Å². The van der Waals surface area contributed by atoms with E-state index in [0.29, 0.717) is 11.2 Å². The summed E-state index contributed by atoms with van der Waals surface area (Å²) in [7, 11) is 0. The van der Waals surface area contributed by atoms with Crippen molar-refractivity contribution in [3.63, 3.8) is 0 Å². The lowest BCUT2D eigenvalue weighted by molar-refractivity contribution is -0.166. The topological polar surface area (TPSA) is 45.2 Å². The number of hydrogen-bond acceptors (Lipinski definition) is 3. The normalized spacial score (nSPS) is 12.3. The van der Waals surface area contributed by atoms with Gasteiger partial charge in [0, 0.05) is 13.1 Å². The fraction of sp³-hybridized carbons (Fsp3) is 0.455. The summed E-state index contributed by atoms with van der Waals surface area (Å²) >= 11 is 0. The van der Waals surface area contributed by atoms with Gasteiger partial charge in [0.1, 0.15) is 6.54 Å². The van der Waals surface area contributed by atoms with E-state index in [-0.39, 0.29) is 12.2 Å². The van der Waals surface area contributed by atoms with Crippen LogP contribution in [0.2, 0.25) is 0 Å². The Morgan fingerprint density at radius 3 is 2.24 bits per heavy atom. The molecule has 1 N–H and O–H groups in total. The van der Waals surface area contributed by atoms with Crippen LogP contribution in [0.3, 0.4) is 0 Å². The molecule has 21 heavy (non-hydrogen) atoms. The van der Waals surface area contributed by atoms with Crippen LogP contribution in [0.5, 0.6) is 0 Å². The molecule has 0 aliphatic rings. The lowest BCUT2D eigenvalue weighted by atomic mass is 10.2. The van der Waals surface area contributed by atoms with Gasteiger partial charge in [-0.2, -0.15) is 26.3 Å². The standard InChI is InChI=1S/C11H11F6N3O/c1-7(21)20(6-10(12,13)14)19-5-9-3-2-8(4-18-9)11(15,16)17/h2-4,19H,5-6H2,1H3. The lowest BCUT2D eigenvalue weighted by Crippen LogP contribution is -2.46. The van der Waals surface area contributed by atoms with E-state index >= 15 is 0 Å². The number of amides is 1. The molecule has 4 nitrogen and oxygen atoms in total. The first kappa shape index (κ1) is 17.2. The van der Waals surface area contributed by atoms with Crippen molar-refractivity contribution in [1.29, 1.82) is 0 Å². The number of rotatable bonds is 4. The number of alkyl halides is 6. The van der Waals surface area contributed by atoms with Gasteiger partial charge in [0.25, 0.3) is 0 Å². The molecule has 0 aliphatic carbocycles. The Morgan fingerprint density at radius 2 is 1.86 bits per heavy atom. The van der Waals surface area contributed by atoms with E-state index in [0.717, 1.165) is 19.1 Å². The van der Waals surface area contributed by atoms with Gasteiger partial charge in [-0.25, -0.2) is 5.43 Å². The number of pyridine rings is 1. The van der Waals surface area contributed by atoms with Crippen LogP contribution in [0, 0.1) is 0 Å². The Morgan fingerprint density at radius 1 is 1.24 bits per heavy atom. The molecular weight excluding hydrogens is 304 g/mol. The van der Waals surface area contributed by atoms with Gasteiger partial charge < -0.3 is 0 Å². The molecule has 118 valence electrons. The predicted molar refractivity (Wildman–Crippen MR) is 59.5 cm³/mol. The average molecular weight is 315 g/mol. The summed E-state index contributed by atoms with van der Waals surface area (Å²) in [5, 5.41) is 0.319. The van der Waals surface area contributed by atoms with E-state index in [9.17, 15) is 31.1 Å². The Balaban J connectivity index is 2.66. The molecular formula is C11H11F6N3O. The number of carbonyl (C=O) groups is 1. The third-order valence-corrected chi connectivity index (χ3v) is 2.32. The van der Waals surface area contributed by atoms with E-state index < -0.39 is 30.4 Å². The van der Waals surface area contributed by atoms with Gasteiger partial charge in [0.15, 0.2) is 0 Å². The lowest BCUT2D eigenvalue weighted by Gasteiger charge is -2.23. The Hall–Kier alpha value is -1.84. The number of halogens is 6. The Labute approximate surface area is 115 Å². The second kappa shape index (κ2) is 6.29. The van der Waals surface area contributed by atoms with Gasteiger partial charge >= 0.3 is 12.4 Å². The van der Waals surface area contributed by atoms with Crippen molar-refractivity contribution in [2.24, 2.45) is 0 Å². The number of nitrogens with zero attached hydrogens (tertiary/aromatic N) is 2. The van der Waals surface area contributed by atoms with Crippen LogP contribution in [-0.2, 0) is 17.5 Å². The highest BCUT2D eigenvalue weighted by atomic mass is 19.4. The number of hydrogen-bond donors (Lipinski definition) is 1. The molecule has 0 aromatic carbocycles. The van der Waals surface area contributed by atoms with Crippen molar-refractivity contribution >= 4 is 5.91 Å². The molecule has 0 bridgehead atoms. The summed E-state index contributed by atoms with van der Waals surface area (Å²) in [5.41, 5.74) is 1.27. The second-order valence-corrected chi connectivity index (χ2v) is 4.09. The van der Waals surface area contributed by atoms with Crippen LogP contribution in [0.15, 0.2) is 18.3 Å². The van der Waals surface area contributed by atoms with Crippen LogP contribution < -0.4 is 5.43 Å². The zero-order valence-corrected chi connectivity index (χ0v) is 10.7. The molecule has 1 amide bonds. The van der Waals surface area contributed by atoms with E-state index in [1.807, 2.05) is 0 Å². The highest BCUT2D eigenvalue weighted by Gasteiger charge is 2.32. The van der Waals surface area contributed by atoms with Gasteiger partial charge in [0.2, 0.25) is 5.91 Å². The third kappa shape index (κ3) is 5.98. The minimum Gasteiger partial charge on any atom is -0.274 e. The van der Waals surface area contributed by atoms with Crippen molar-refractivity contribution < 1.29 is 31.1 Å². The highest BCUT2D eigenvalue weighted by Crippen LogP contribution is 2.28. The number of hydrazine groups is 1. The first-order valence-corrected chi connectivity index (χ1v) is 5.59. The molecule has 0 atom stereocenters. The first-order valence-electron chi connectivity index (χ1n) is 5.59. The summed E-state index contributed by atoms with van der Waals surface area (Å²) in [5.74, 6) is -0.876. The first-order chi connectivity index (χ1) is 9.49. The predicted octanol–water partition coefficient (Wildman–Crippen LogP) is 2.52. The molecule has 0 saturated carbocycles. The zero-order chi connectivity index (χ0) is 16.3. The van der Waals surface area contributed by atoms with Crippen molar-refractivity contribution in [3.8, 4) is 0 Å². The van der Waals surface area contributed by atoms with Gasteiger partial charge in [-0.3, -0.25) is 14.8 Å². The maximum absolute atomic E-state index is 12.3. The fourth-order valence-corrected chi connectivity index (χ4v) is 1.33. The summed E-state index contributed by atoms with van der Waals surface area (Å²) < 4.78 is 73.5. The van der Waals surface area contributed by atoms with Crippen LogP contribution in [0.4, 0.5) is 26.3 Å². The van der Waals surface area contributed by atoms with Crippen LogP contribution >= 0.6 is 0 Å². The van der Waals surface area contributed by atoms with Crippen molar-refractivity contribution in [1.82, 2.24) is 15.4 Å². The second-order valence-electron chi connectivity index (χ2n) is 4.09. The highest BCUT2D eigenvalue weighted by molar-refractivity contribution is 5.72. The molecule has 1 aromatic rings. The molecule has 1 heterocycles. The van der Waals surface area contributed by atoms with Crippen LogP contribution in [0.1, 0.15) is 18.2 Å². The molecule has 10 heteroatoms. The average Bonchev–Trinajstić information content (AvgIpc) is 2.32. The largest absolute Gasteiger partial charge is 0.417 e. The molecule has 0 aliphatic heterocycles. The summed E-state index contributed by atoms with van der Waals surface area (Å²) in [6.07, 6.45) is -8.56. The third-order valence-electron chi connectivity index (χ3n) is 2.32. The molecule has 0 fully saturated rings. The molecule has 0 saturated heterocycles. The van der Waals surface area contributed by atoms with E-state index in [1.54, 1.807) is 0 Å². The summed E-state index contributed by atoms with van der Waals surface area (Å²) in [4.78, 5) is 14.5. The van der Waals surface area contributed by atoms with Crippen molar-refractivity contribution in [2.75, 3.05) is 6.54 Å². The van der Waals surface area contributed by atoms with Crippen molar-refractivity contribution in [2.45, 2.75) is 25.8 Å². The summed E-state index contributed by atoms with van der Waals surface area (Å²) in [6.45, 7) is -0.893. The fourth-order valence-electron chi connectivity index (χ4n) is 1.33. The number of carbonyl (C=O) groups excluding carboxylic acids is 1. The minimum atomic E-state index is -4.59. The maximum atomic E-state index is 12.3. The van der Waals surface area contributed by atoms with Gasteiger partial charge in [-0.05, 0) is 12.1 Å². The molecule has 0 radical (unpaired) electrons. The smallest absolute Gasteiger partial charge is 0.274 e. The van der Waals surface area contributed by atoms with Gasteiger partial charge in [0.05, 0.1) is 17.8 Å². The van der Waals surface area contributed by atoms with E-state index in [2.05, 4.69) is 10.4 Å². The minimum absolute atomic E-state index is 0.0661. The quantitative estimate of drug-likeness (QED) is 0.686. The number of aromatic nitrogens is 1.